The van der Waals surface area contributed by atoms with Gasteiger partial charge in [0.15, 0.2) is 6.61 Å². The van der Waals surface area contributed by atoms with Crippen LogP contribution in [-0.2, 0) is 16.1 Å². The molecule has 2 amide bonds. The van der Waals surface area contributed by atoms with Crippen molar-refractivity contribution in [3.8, 4) is 5.75 Å². The van der Waals surface area contributed by atoms with Crippen LogP contribution in [0.15, 0.2) is 54.6 Å². The van der Waals surface area contributed by atoms with Crippen molar-refractivity contribution in [1.82, 2.24) is 4.90 Å². The third-order valence-electron chi connectivity index (χ3n) is 6.14. The van der Waals surface area contributed by atoms with Crippen LogP contribution in [0.2, 0.25) is 0 Å². The number of anilines is 1. The van der Waals surface area contributed by atoms with E-state index in [9.17, 15) is 9.59 Å². The summed E-state index contributed by atoms with van der Waals surface area (Å²) < 4.78 is 5.56. The second kappa shape index (κ2) is 9.96. The average molecular weight is 422 g/mol. The summed E-state index contributed by atoms with van der Waals surface area (Å²) in [5, 5.41) is 2.96. The molecular formula is C25H31N3O3. The molecule has 4 rings (SSSR count). The number of ether oxygens (including phenoxy) is 1. The lowest BCUT2D eigenvalue weighted by Crippen LogP contribution is -2.44. The molecule has 164 valence electrons. The van der Waals surface area contributed by atoms with Crippen molar-refractivity contribution in [2.45, 2.75) is 57.2 Å². The first-order chi connectivity index (χ1) is 15.1. The number of nitrogens with one attached hydrogen (secondary N) is 1. The molecule has 6 nitrogen and oxygen atoms in total. The fraction of sp³-hybridized carbons (Fsp3) is 0.440. The van der Waals surface area contributed by atoms with E-state index in [1.54, 1.807) is 0 Å². The van der Waals surface area contributed by atoms with Crippen LogP contribution in [-0.4, -0.2) is 35.4 Å². The number of carbonyl (C=O) groups excluding carboxylic acids is 2. The Kier molecular flexibility index (Phi) is 6.87. The maximum atomic E-state index is 13.1. The van der Waals surface area contributed by atoms with Crippen LogP contribution >= 0.6 is 0 Å². The van der Waals surface area contributed by atoms with Gasteiger partial charge in [0.25, 0.3) is 5.91 Å². The standard InChI is InChI=1S/C25H31N3O3/c26-20-12-14-21(15-13-20)28(25(30)18-10-11-18)16-19-6-4-5-9-23(19)27-24(29)17-31-22-7-2-1-3-8-22/h1-9,18,20-21H,10-17,26H2,(H,27,29). The van der Waals surface area contributed by atoms with Gasteiger partial charge in [-0.2, -0.15) is 0 Å². The van der Waals surface area contributed by atoms with Crippen LogP contribution in [0.1, 0.15) is 44.1 Å². The molecule has 2 saturated carbocycles. The SMILES string of the molecule is NC1CCC(N(Cc2ccccc2NC(=O)COc2ccccc2)C(=O)C2CC2)CC1. The minimum atomic E-state index is -0.222. The maximum Gasteiger partial charge on any atom is 0.262 e. The summed E-state index contributed by atoms with van der Waals surface area (Å²) in [7, 11) is 0. The third-order valence-corrected chi connectivity index (χ3v) is 6.14. The Morgan fingerprint density at radius 1 is 0.935 bits per heavy atom. The molecule has 0 radical (unpaired) electrons. The average Bonchev–Trinajstić information content (AvgIpc) is 3.64. The molecule has 2 aromatic carbocycles. The first kappa shape index (κ1) is 21.4. The predicted octanol–water partition coefficient (Wildman–Crippen LogP) is 3.71. The van der Waals surface area contributed by atoms with Crippen molar-refractivity contribution in [1.29, 1.82) is 0 Å². The zero-order valence-corrected chi connectivity index (χ0v) is 17.8. The first-order valence-corrected chi connectivity index (χ1v) is 11.2. The lowest BCUT2D eigenvalue weighted by molar-refractivity contribution is -0.136. The van der Waals surface area contributed by atoms with E-state index < -0.39 is 0 Å². The number of hydrogen-bond acceptors (Lipinski definition) is 4. The number of amides is 2. The highest BCUT2D eigenvalue weighted by Crippen LogP contribution is 2.35. The summed E-state index contributed by atoms with van der Waals surface area (Å²) in [5.74, 6) is 0.841. The molecule has 0 aliphatic heterocycles. The van der Waals surface area contributed by atoms with Crippen molar-refractivity contribution in [3.63, 3.8) is 0 Å². The summed E-state index contributed by atoms with van der Waals surface area (Å²) in [6.45, 7) is 0.439. The van der Waals surface area contributed by atoms with Crippen molar-refractivity contribution in [2.75, 3.05) is 11.9 Å². The van der Waals surface area contributed by atoms with Gasteiger partial charge in [0, 0.05) is 30.2 Å². The Morgan fingerprint density at radius 3 is 2.32 bits per heavy atom. The van der Waals surface area contributed by atoms with Crippen LogP contribution in [0.3, 0.4) is 0 Å². The van der Waals surface area contributed by atoms with Gasteiger partial charge in [0.05, 0.1) is 0 Å². The van der Waals surface area contributed by atoms with Crippen LogP contribution in [0, 0.1) is 5.92 Å². The Bertz CT molecular complexity index is 890. The van der Waals surface area contributed by atoms with E-state index in [0.29, 0.717) is 12.3 Å². The second-order valence-corrected chi connectivity index (χ2v) is 8.62. The minimum Gasteiger partial charge on any atom is -0.484 e. The summed E-state index contributed by atoms with van der Waals surface area (Å²) in [6, 6.07) is 17.4. The molecule has 0 heterocycles. The largest absolute Gasteiger partial charge is 0.484 e. The van der Waals surface area contributed by atoms with Crippen molar-refractivity contribution >= 4 is 17.5 Å². The molecule has 0 saturated heterocycles. The monoisotopic (exact) mass is 421 g/mol. The topological polar surface area (TPSA) is 84.7 Å². The molecule has 2 aromatic rings. The van der Waals surface area contributed by atoms with Gasteiger partial charge in [-0.1, -0.05) is 36.4 Å². The molecule has 2 fully saturated rings. The highest BCUT2D eigenvalue weighted by atomic mass is 16.5. The molecule has 2 aliphatic rings. The smallest absolute Gasteiger partial charge is 0.262 e. The van der Waals surface area contributed by atoms with E-state index in [1.807, 2.05) is 59.5 Å². The van der Waals surface area contributed by atoms with E-state index in [-0.39, 0.29) is 36.4 Å². The highest BCUT2D eigenvalue weighted by Gasteiger charge is 2.37. The normalized spacial score (nSPS) is 20.7. The van der Waals surface area contributed by atoms with E-state index in [0.717, 1.165) is 49.8 Å². The summed E-state index contributed by atoms with van der Waals surface area (Å²) in [6.07, 6.45) is 5.76. The molecule has 3 N–H and O–H groups in total. The first-order valence-electron chi connectivity index (χ1n) is 11.2. The van der Waals surface area contributed by atoms with Crippen molar-refractivity contribution in [3.05, 3.63) is 60.2 Å². The van der Waals surface area contributed by atoms with Gasteiger partial charge in [-0.15, -0.1) is 0 Å². The van der Waals surface area contributed by atoms with Gasteiger partial charge < -0.3 is 20.7 Å². The molecule has 0 atom stereocenters. The molecular weight excluding hydrogens is 390 g/mol. The van der Waals surface area contributed by atoms with Crippen molar-refractivity contribution in [2.24, 2.45) is 11.7 Å². The predicted molar refractivity (Wildman–Crippen MR) is 121 cm³/mol. The van der Waals surface area contributed by atoms with Crippen molar-refractivity contribution < 1.29 is 14.3 Å². The van der Waals surface area contributed by atoms with Gasteiger partial charge in [0.1, 0.15) is 5.75 Å². The molecule has 31 heavy (non-hydrogen) atoms. The van der Waals surface area contributed by atoms with E-state index in [4.69, 9.17) is 10.5 Å². The van der Waals surface area contributed by atoms with Crippen LogP contribution in [0.4, 0.5) is 5.69 Å². The number of hydrogen-bond donors (Lipinski definition) is 2. The van der Waals surface area contributed by atoms with Crippen LogP contribution in [0.5, 0.6) is 5.75 Å². The molecule has 0 unspecified atom stereocenters. The molecule has 0 spiro atoms. The Balaban J connectivity index is 1.43. The number of carbonyl (C=O) groups is 2. The summed E-state index contributed by atoms with van der Waals surface area (Å²) in [4.78, 5) is 27.6. The minimum absolute atomic E-state index is 0.0659. The Morgan fingerprint density at radius 2 is 1.61 bits per heavy atom. The molecule has 6 heteroatoms. The zero-order chi connectivity index (χ0) is 21.6. The number of rotatable bonds is 8. The van der Waals surface area contributed by atoms with Gasteiger partial charge in [-0.05, 0) is 62.3 Å². The number of para-hydroxylation sites is 2. The fourth-order valence-corrected chi connectivity index (χ4v) is 4.18. The van der Waals surface area contributed by atoms with Crippen LogP contribution in [0.25, 0.3) is 0 Å². The second-order valence-electron chi connectivity index (χ2n) is 8.62. The number of nitrogens with two attached hydrogens (primary N) is 1. The van der Waals surface area contributed by atoms with Gasteiger partial charge in [0.2, 0.25) is 5.91 Å². The number of benzene rings is 2. The maximum absolute atomic E-state index is 13.1. The fourth-order valence-electron chi connectivity index (χ4n) is 4.18. The van der Waals surface area contributed by atoms with E-state index in [1.165, 1.54) is 0 Å². The Labute approximate surface area is 183 Å². The van der Waals surface area contributed by atoms with Crippen LogP contribution < -0.4 is 15.8 Å². The summed E-state index contributed by atoms with van der Waals surface area (Å²) in [5.41, 5.74) is 7.76. The zero-order valence-electron chi connectivity index (χ0n) is 17.8. The van der Waals surface area contributed by atoms with Gasteiger partial charge in [-0.3, -0.25) is 9.59 Å². The molecule has 0 bridgehead atoms. The van der Waals surface area contributed by atoms with E-state index >= 15 is 0 Å². The highest BCUT2D eigenvalue weighted by molar-refractivity contribution is 5.92. The lowest BCUT2D eigenvalue weighted by Gasteiger charge is -2.36. The number of nitrogens with zero attached hydrogens (tertiary/aromatic N) is 1. The summed E-state index contributed by atoms with van der Waals surface area (Å²) >= 11 is 0. The molecule has 2 aliphatic carbocycles. The Hall–Kier alpha value is -2.86. The lowest BCUT2D eigenvalue weighted by atomic mass is 9.90. The van der Waals surface area contributed by atoms with Gasteiger partial charge >= 0.3 is 0 Å². The van der Waals surface area contributed by atoms with Gasteiger partial charge in [-0.25, -0.2) is 0 Å². The third kappa shape index (κ3) is 5.85. The quantitative estimate of drug-likeness (QED) is 0.680. The molecule has 0 aromatic heterocycles. The van der Waals surface area contributed by atoms with E-state index in [2.05, 4.69) is 5.32 Å².